The Morgan fingerprint density at radius 1 is 1.13 bits per heavy atom. The predicted octanol–water partition coefficient (Wildman–Crippen LogP) is 1.53. The molecule has 9 heteroatoms. The van der Waals surface area contributed by atoms with Gasteiger partial charge in [-0.1, -0.05) is 17.7 Å². The summed E-state index contributed by atoms with van der Waals surface area (Å²) in [5.41, 5.74) is 3.02. The highest BCUT2D eigenvalue weighted by molar-refractivity contribution is 7.89. The fourth-order valence-corrected chi connectivity index (χ4v) is 2.62. The van der Waals surface area contributed by atoms with Gasteiger partial charge in [-0.3, -0.25) is 20.3 Å². The first-order valence-corrected chi connectivity index (χ1v) is 7.91. The maximum Gasteiger partial charge on any atom is 0.269 e. The topological polar surface area (TPSA) is 118 Å². The normalized spacial score (nSPS) is 11.0. The average molecular weight is 335 g/mol. The first-order chi connectivity index (χ1) is 10.8. The molecule has 2 aromatic rings. The van der Waals surface area contributed by atoms with E-state index in [9.17, 15) is 23.3 Å². The number of benzene rings is 2. The molecule has 0 atom stereocenters. The lowest BCUT2D eigenvalue weighted by Crippen LogP contribution is -2.41. The van der Waals surface area contributed by atoms with E-state index in [1.54, 1.807) is 31.2 Å². The van der Waals surface area contributed by atoms with Gasteiger partial charge in [0.15, 0.2) is 0 Å². The van der Waals surface area contributed by atoms with E-state index >= 15 is 0 Å². The van der Waals surface area contributed by atoms with E-state index in [0.717, 1.165) is 29.8 Å². The van der Waals surface area contributed by atoms with Crippen molar-refractivity contribution in [3.8, 4) is 0 Å². The van der Waals surface area contributed by atoms with Crippen molar-refractivity contribution in [3.63, 3.8) is 0 Å². The Morgan fingerprint density at radius 3 is 2.35 bits per heavy atom. The van der Waals surface area contributed by atoms with E-state index in [4.69, 9.17) is 0 Å². The monoisotopic (exact) mass is 335 g/mol. The Labute approximate surface area is 132 Å². The van der Waals surface area contributed by atoms with Gasteiger partial charge in [-0.2, -0.15) is 0 Å². The fraction of sp³-hybridized carbons (Fsp3) is 0.0714. The van der Waals surface area contributed by atoms with Crippen LogP contribution in [0.15, 0.2) is 53.4 Å². The third-order valence-electron chi connectivity index (χ3n) is 2.94. The Morgan fingerprint density at radius 2 is 1.78 bits per heavy atom. The Balaban J connectivity index is 2.09. The molecule has 2 rings (SSSR count). The van der Waals surface area contributed by atoms with Crippen LogP contribution >= 0.6 is 0 Å². The Bertz CT molecular complexity index is 847. The van der Waals surface area contributed by atoms with Crippen LogP contribution in [0.3, 0.4) is 0 Å². The summed E-state index contributed by atoms with van der Waals surface area (Å²) in [6, 6.07) is 10.9. The second-order valence-electron chi connectivity index (χ2n) is 4.68. The largest absolute Gasteiger partial charge is 0.273 e. The molecule has 1 amide bonds. The molecule has 0 saturated heterocycles. The molecule has 0 bridgehead atoms. The van der Waals surface area contributed by atoms with Gasteiger partial charge in [0.1, 0.15) is 0 Å². The van der Waals surface area contributed by atoms with Gasteiger partial charge in [0.2, 0.25) is 0 Å². The van der Waals surface area contributed by atoms with Gasteiger partial charge in [-0.15, -0.1) is 4.83 Å². The maximum atomic E-state index is 12.0. The van der Waals surface area contributed by atoms with Crippen molar-refractivity contribution < 1.29 is 18.1 Å². The molecule has 2 aromatic carbocycles. The first-order valence-electron chi connectivity index (χ1n) is 6.43. The third kappa shape index (κ3) is 4.11. The van der Waals surface area contributed by atoms with Crippen molar-refractivity contribution in [1.29, 1.82) is 0 Å². The number of nitro benzene ring substituents is 1. The molecular weight excluding hydrogens is 322 g/mol. The van der Waals surface area contributed by atoms with Gasteiger partial charge in [-0.25, -0.2) is 8.42 Å². The summed E-state index contributed by atoms with van der Waals surface area (Å²) in [6.45, 7) is 1.80. The molecule has 0 saturated carbocycles. The summed E-state index contributed by atoms with van der Waals surface area (Å²) < 4.78 is 24.0. The number of non-ortho nitro benzene ring substituents is 1. The van der Waals surface area contributed by atoms with Gasteiger partial charge in [0.05, 0.1) is 9.82 Å². The number of hydrogen-bond acceptors (Lipinski definition) is 5. The fourth-order valence-electron chi connectivity index (χ4n) is 1.78. The summed E-state index contributed by atoms with van der Waals surface area (Å²) in [5, 5.41) is 10.5. The van der Waals surface area contributed by atoms with E-state index in [2.05, 4.69) is 5.43 Å². The number of sulfonamides is 1. The second kappa shape index (κ2) is 6.55. The summed E-state index contributed by atoms with van der Waals surface area (Å²) in [5.74, 6) is -0.612. The van der Waals surface area contributed by atoms with Crippen LogP contribution in [0.4, 0.5) is 5.69 Å². The number of rotatable bonds is 5. The molecule has 0 spiro atoms. The predicted molar refractivity (Wildman–Crippen MR) is 82.1 cm³/mol. The van der Waals surface area contributed by atoms with Crippen molar-refractivity contribution in [2.75, 3.05) is 0 Å². The van der Waals surface area contributed by atoms with Crippen molar-refractivity contribution in [2.24, 2.45) is 0 Å². The molecule has 0 fully saturated rings. The summed E-state index contributed by atoms with van der Waals surface area (Å²) >= 11 is 0. The Hall–Kier alpha value is -2.78. The zero-order chi connectivity index (χ0) is 17.0. The Kier molecular flexibility index (Phi) is 4.72. The van der Waals surface area contributed by atoms with Gasteiger partial charge in [-0.05, 0) is 31.2 Å². The molecule has 0 unspecified atom stereocenters. The quantitative estimate of drug-likeness (QED) is 0.634. The highest BCUT2D eigenvalue weighted by atomic mass is 32.2. The molecule has 0 aliphatic heterocycles. The van der Waals surface area contributed by atoms with E-state index in [0.29, 0.717) is 5.56 Å². The molecule has 23 heavy (non-hydrogen) atoms. The zero-order valence-electron chi connectivity index (χ0n) is 12.0. The lowest BCUT2D eigenvalue weighted by molar-refractivity contribution is -0.384. The summed E-state index contributed by atoms with van der Waals surface area (Å²) in [6.07, 6.45) is 0. The van der Waals surface area contributed by atoms with Crippen molar-refractivity contribution in [2.45, 2.75) is 11.8 Å². The number of hydrazine groups is 1. The van der Waals surface area contributed by atoms with Crippen LogP contribution in [0.1, 0.15) is 15.9 Å². The number of nitro groups is 1. The smallest absolute Gasteiger partial charge is 0.269 e. The molecular formula is C14H13N3O5S. The highest BCUT2D eigenvalue weighted by Crippen LogP contribution is 2.15. The SMILES string of the molecule is Cc1cccc(C(=O)NNS(=O)(=O)c2ccc([N+](=O)[O-])cc2)c1. The lowest BCUT2D eigenvalue weighted by atomic mass is 10.1. The molecule has 8 nitrogen and oxygen atoms in total. The number of carbonyl (C=O) groups excluding carboxylic acids is 1. The van der Waals surface area contributed by atoms with E-state index < -0.39 is 20.9 Å². The third-order valence-corrected chi connectivity index (χ3v) is 4.20. The van der Waals surface area contributed by atoms with Crippen molar-refractivity contribution >= 4 is 21.6 Å². The van der Waals surface area contributed by atoms with Gasteiger partial charge in [0.25, 0.3) is 21.6 Å². The van der Waals surface area contributed by atoms with Crippen LogP contribution in [0, 0.1) is 17.0 Å². The molecule has 0 heterocycles. The van der Waals surface area contributed by atoms with Crippen molar-refractivity contribution in [3.05, 3.63) is 69.8 Å². The maximum absolute atomic E-state index is 12.0. The highest BCUT2D eigenvalue weighted by Gasteiger charge is 2.17. The minimum Gasteiger partial charge on any atom is -0.273 e. The number of carbonyl (C=O) groups is 1. The minimum atomic E-state index is -4.02. The van der Waals surface area contributed by atoms with Crippen LogP contribution in [-0.4, -0.2) is 19.2 Å². The van der Waals surface area contributed by atoms with E-state index in [1.165, 1.54) is 0 Å². The lowest BCUT2D eigenvalue weighted by Gasteiger charge is -2.08. The van der Waals surface area contributed by atoms with Gasteiger partial charge in [0, 0.05) is 17.7 Å². The van der Waals surface area contributed by atoms with Gasteiger partial charge >= 0.3 is 0 Å². The molecule has 0 aliphatic rings. The number of amides is 1. The zero-order valence-corrected chi connectivity index (χ0v) is 12.8. The van der Waals surface area contributed by atoms with Crippen molar-refractivity contribution in [1.82, 2.24) is 10.3 Å². The van der Waals surface area contributed by atoms with Crippen LogP contribution in [-0.2, 0) is 10.0 Å². The summed E-state index contributed by atoms with van der Waals surface area (Å²) in [7, 11) is -4.02. The van der Waals surface area contributed by atoms with Gasteiger partial charge < -0.3 is 0 Å². The standard InChI is InChI=1S/C14H13N3O5S/c1-10-3-2-4-11(9-10)14(18)15-16-23(21,22)13-7-5-12(6-8-13)17(19)20/h2-9,16H,1H3,(H,15,18). The van der Waals surface area contributed by atoms with Crippen LogP contribution in [0.25, 0.3) is 0 Å². The molecule has 0 radical (unpaired) electrons. The van der Waals surface area contributed by atoms with Crippen LogP contribution in [0.2, 0.25) is 0 Å². The molecule has 0 aliphatic carbocycles. The van der Waals surface area contributed by atoms with Crippen LogP contribution in [0.5, 0.6) is 0 Å². The average Bonchev–Trinajstić information content (AvgIpc) is 2.52. The van der Waals surface area contributed by atoms with E-state index in [1.807, 2.05) is 4.83 Å². The molecule has 0 aromatic heterocycles. The number of hydrogen-bond donors (Lipinski definition) is 2. The minimum absolute atomic E-state index is 0.201. The first kappa shape index (κ1) is 16.6. The summed E-state index contributed by atoms with van der Waals surface area (Å²) in [4.78, 5) is 23.5. The number of aryl methyl sites for hydroxylation is 1. The second-order valence-corrected chi connectivity index (χ2v) is 6.36. The van der Waals surface area contributed by atoms with E-state index in [-0.39, 0.29) is 10.6 Å². The number of nitrogens with zero attached hydrogens (tertiary/aromatic N) is 1. The molecule has 120 valence electrons. The van der Waals surface area contributed by atoms with Crippen LogP contribution < -0.4 is 10.3 Å². The molecule has 2 N–H and O–H groups in total. The number of nitrogens with one attached hydrogen (secondary N) is 2.